The molecule has 0 bridgehead atoms. The van der Waals surface area contributed by atoms with Crippen molar-refractivity contribution >= 4 is 17.4 Å². The number of hydrogen-bond donors (Lipinski definition) is 2. The van der Waals surface area contributed by atoms with Gasteiger partial charge < -0.3 is 10.6 Å². The van der Waals surface area contributed by atoms with Crippen LogP contribution in [-0.4, -0.2) is 16.5 Å². The third kappa shape index (κ3) is 3.75. The number of nitriles is 1. The third-order valence-corrected chi connectivity index (χ3v) is 2.02. The molecule has 0 atom stereocenters. The Labute approximate surface area is 104 Å². The van der Waals surface area contributed by atoms with Gasteiger partial charge in [0.15, 0.2) is 0 Å². The van der Waals surface area contributed by atoms with Crippen molar-refractivity contribution in [3.63, 3.8) is 0 Å². The number of nitrogens with zero attached hydrogens (tertiary/aromatic N) is 2. The minimum atomic E-state index is -1.01. The predicted molar refractivity (Wildman–Crippen MR) is 64.9 cm³/mol. The van der Waals surface area contributed by atoms with Gasteiger partial charge >= 0.3 is 6.03 Å². The molecular weight excluding hydrogens is 236 g/mol. The van der Waals surface area contributed by atoms with Crippen LogP contribution in [0, 0.1) is 21.4 Å². The summed E-state index contributed by atoms with van der Waals surface area (Å²) in [6.07, 6.45) is 0. The topological polar surface area (TPSA) is 108 Å². The van der Waals surface area contributed by atoms with Gasteiger partial charge in [-0.15, -0.1) is 0 Å². The summed E-state index contributed by atoms with van der Waals surface area (Å²) in [6.45, 7) is 3.08. The van der Waals surface area contributed by atoms with Crippen molar-refractivity contribution in [1.29, 1.82) is 5.26 Å². The van der Waals surface area contributed by atoms with Crippen molar-refractivity contribution in [1.82, 2.24) is 5.32 Å². The molecule has 0 aromatic heterocycles. The van der Waals surface area contributed by atoms with E-state index in [1.54, 1.807) is 13.8 Å². The van der Waals surface area contributed by atoms with E-state index in [1.807, 2.05) is 6.07 Å². The smallest absolute Gasteiger partial charge is 0.320 e. The van der Waals surface area contributed by atoms with E-state index >= 15 is 0 Å². The summed E-state index contributed by atoms with van der Waals surface area (Å²) < 4.78 is 0. The van der Waals surface area contributed by atoms with Crippen LogP contribution in [0.1, 0.15) is 13.8 Å². The first-order valence-corrected chi connectivity index (χ1v) is 5.09. The molecule has 0 unspecified atom stereocenters. The molecule has 0 aliphatic heterocycles. The Balaban J connectivity index is 2.74. The van der Waals surface area contributed by atoms with E-state index in [2.05, 4.69) is 10.6 Å². The van der Waals surface area contributed by atoms with Crippen molar-refractivity contribution < 1.29 is 9.72 Å². The average molecular weight is 248 g/mol. The summed E-state index contributed by atoms with van der Waals surface area (Å²) in [5.41, 5.74) is -0.840. The first-order chi connectivity index (χ1) is 8.34. The molecule has 18 heavy (non-hydrogen) atoms. The Morgan fingerprint density at radius 3 is 2.72 bits per heavy atom. The maximum atomic E-state index is 11.5. The molecule has 0 saturated heterocycles. The zero-order valence-electron chi connectivity index (χ0n) is 9.93. The number of nitrogens with one attached hydrogen (secondary N) is 2. The molecule has 0 spiro atoms. The number of non-ortho nitro benzene ring substituents is 1. The van der Waals surface area contributed by atoms with Gasteiger partial charge in [0.1, 0.15) is 5.54 Å². The molecule has 7 nitrogen and oxygen atoms in total. The Hall–Kier alpha value is -2.62. The average Bonchev–Trinajstić information content (AvgIpc) is 2.28. The van der Waals surface area contributed by atoms with Crippen LogP contribution in [0.3, 0.4) is 0 Å². The highest BCUT2D eigenvalue weighted by Gasteiger charge is 2.19. The molecule has 0 fully saturated rings. The van der Waals surface area contributed by atoms with Gasteiger partial charge in [-0.25, -0.2) is 4.79 Å². The van der Waals surface area contributed by atoms with Gasteiger partial charge in [-0.05, 0) is 19.9 Å². The Bertz CT molecular complexity index is 519. The number of rotatable bonds is 3. The zero-order valence-corrected chi connectivity index (χ0v) is 9.93. The number of nitro benzene ring substituents is 1. The summed E-state index contributed by atoms with van der Waals surface area (Å²) in [7, 11) is 0. The molecule has 0 aliphatic carbocycles. The molecule has 1 aromatic rings. The second kappa shape index (κ2) is 5.14. The van der Waals surface area contributed by atoms with Crippen LogP contribution in [0.15, 0.2) is 24.3 Å². The number of hydrogen-bond acceptors (Lipinski definition) is 4. The summed E-state index contributed by atoms with van der Waals surface area (Å²) in [6, 6.07) is 6.85. The van der Waals surface area contributed by atoms with Gasteiger partial charge in [-0.2, -0.15) is 5.26 Å². The summed E-state index contributed by atoms with van der Waals surface area (Å²) >= 11 is 0. The normalized spacial score (nSPS) is 10.3. The fourth-order valence-electron chi connectivity index (χ4n) is 1.17. The number of amides is 2. The quantitative estimate of drug-likeness (QED) is 0.630. The van der Waals surface area contributed by atoms with Crippen LogP contribution in [0.2, 0.25) is 0 Å². The maximum absolute atomic E-state index is 11.5. The van der Waals surface area contributed by atoms with Gasteiger partial charge in [0.2, 0.25) is 0 Å². The third-order valence-electron chi connectivity index (χ3n) is 2.02. The molecule has 0 heterocycles. The molecule has 0 radical (unpaired) electrons. The minimum absolute atomic E-state index is 0.118. The SMILES string of the molecule is CC(C)(C#N)NC(=O)Nc1cccc([N+](=O)[O-])c1. The Morgan fingerprint density at radius 1 is 1.50 bits per heavy atom. The molecule has 0 aliphatic rings. The number of benzene rings is 1. The lowest BCUT2D eigenvalue weighted by Gasteiger charge is -2.17. The molecule has 0 saturated carbocycles. The molecule has 94 valence electrons. The van der Waals surface area contributed by atoms with E-state index in [0.717, 1.165) is 0 Å². The van der Waals surface area contributed by atoms with E-state index in [0.29, 0.717) is 0 Å². The van der Waals surface area contributed by atoms with Gasteiger partial charge in [0.05, 0.1) is 11.0 Å². The van der Waals surface area contributed by atoms with Crippen molar-refractivity contribution in [2.75, 3.05) is 5.32 Å². The second-order valence-corrected chi connectivity index (χ2v) is 4.12. The van der Waals surface area contributed by atoms with Crippen molar-refractivity contribution in [2.45, 2.75) is 19.4 Å². The Morgan fingerprint density at radius 2 is 2.17 bits per heavy atom. The van der Waals surface area contributed by atoms with Crippen LogP contribution in [-0.2, 0) is 0 Å². The number of nitro groups is 1. The van der Waals surface area contributed by atoms with E-state index in [1.165, 1.54) is 24.3 Å². The molecule has 1 rings (SSSR count). The number of carbonyl (C=O) groups excluding carboxylic acids is 1. The molecular formula is C11H12N4O3. The van der Waals surface area contributed by atoms with E-state index in [9.17, 15) is 14.9 Å². The van der Waals surface area contributed by atoms with Crippen molar-refractivity contribution in [3.8, 4) is 6.07 Å². The van der Waals surface area contributed by atoms with Crippen LogP contribution < -0.4 is 10.6 Å². The van der Waals surface area contributed by atoms with Gasteiger partial charge in [-0.3, -0.25) is 10.1 Å². The monoisotopic (exact) mass is 248 g/mol. The summed E-state index contributed by atoms with van der Waals surface area (Å²) in [5.74, 6) is 0. The summed E-state index contributed by atoms with van der Waals surface area (Å²) in [4.78, 5) is 21.5. The van der Waals surface area contributed by atoms with E-state index in [4.69, 9.17) is 5.26 Å². The fourth-order valence-corrected chi connectivity index (χ4v) is 1.17. The summed E-state index contributed by atoms with van der Waals surface area (Å²) in [5, 5.41) is 24.1. The second-order valence-electron chi connectivity index (χ2n) is 4.12. The zero-order chi connectivity index (χ0) is 13.8. The lowest BCUT2D eigenvalue weighted by Crippen LogP contribution is -2.44. The van der Waals surface area contributed by atoms with Crippen LogP contribution in [0.5, 0.6) is 0 Å². The minimum Gasteiger partial charge on any atom is -0.320 e. The van der Waals surface area contributed by atoms with Crippen molar-refractivity contribution in [3.05, 3.63) is 34.4 Å². The van der Waals surface area contributed by atoms with E-state index in [-0.39, 0.29) is 11.4 Å². The Kier molecular flexibility index (Phi) is 3.84. The number of anilines is 1. The molecule has 2 amide bonds. The lowest BCUT2D eigenvalue weighted by molar-refractivity contribution is -0.384. The standard InChI is InChI=1S/C11H12N4O3/c1-11(2,7-12)14-10(16)13-8-4-3-5-9(6-8)15(17)18/h3-6H,1-2H3,(H2,13,14,16). The highest BCUT2D eigenvalue weighted by atomic mass is 16.6. The predicted octanol–water partition coefficient (Wildman–Crippen LogP) is 2.02. The van der Waals surface area contributed by atoms with E-state index < -0.39 is 16.5 Å². The molecule has 2 N–H and O–H groups in total. The van der Waals surface area contributed by atoms with Crippen LogP contribution in [0.25, 0.3) is 0 Å². The van der Waals surface area contributed by atoms with Crippen LogP contribution >= 0.6 is 0 Å². The maximum Gasteiger partial charge on any atom is 0.320 e. The van der Waals surface area contributed by atoms with Gasteiger partial charge in [0, 0.05) is 17.8 Å². The fraction of sp³-hybridized carbons (Fsp3) is 0.273. The first-order valence-electron chi connectivity index (χ1n) is 5.09. The van der Waals surface area contributed by atoms with Crippen LogP contribution in [0.4, 0.5) is 16.2 Å². The largest absolute Gasteiger partial charge is 0.320 e. The van der Waals surface area contributed by atoms with Gasteiger partial charge in [0.25, 0.3) is 5.69 Å². The molecule has 1 aromatic carbocycles. The highest BCUT2D eigenvalue weighted by molar-refractivity contribution is 5.90. The highest BCUT2D eigenvalue weighted by Crippen LogP contribution is 2.16. The molecule has 7 heteroatoms. The lowest BCUT2D eigenvalue weighted by atomic mass is 10.1. The van der Waals surface area contributed by atoms with Gasteiger partial charge in [-0.1, -0.05) is 6.07 Å². The first kappa shape index (κ1) is 13.4. The van der Waals surface area contributed by atoms with Crippen molar-refractivity contribution in [2.24, 2.45) is 0 Å². The number of carbonyl (C=O) groups is 1. The number of urea groups is 1.